The third kappa shape index (κ3) is 7.12. The van der Waals surface area contributed by atoms with Crippen LogP contribution in [0, 0.1) is 5.92 Å². The lowest BCUT2D eigenvalue weighted by molar-refractivity contribution is 0.212. The highest BCUT2D eigenvalue weighted by Crippen LogP contribution is 2.18. The lowest BCUT2D eigenvalue weighted by atomic mass is 9.94. The van der Waals surface area contributed by atoms with Gasteiger partial charge in [-0.05, 0) is 69.6 Å². The standard InChI is InChI=1S/C19H31ClN4O/c1-21-19(22-11-8-16-9-12-23(2)13-10-16)24(3)14-15-25-18-6-4-17(20)5-7-18/h4-7,16H,8-15H2,1-3H3,(H,21,22). The average molecular weight is 367 g/mol. The lowest BCUT2D eigenvalue weighted by Crippen LogP contribution is -2.42. The van der Waals surface area contributed by atoms with Crippen LogP contribution in [-0.4, -0.2) is 69.7 Å². The summed E-state index contributed by atoms with van der Waals surface area (Å²) >= 11 is 5.88. The normalized spacial score (nSPS) is 16.7. The highest BCUT2D eigenvalue weighted by molar-refractivity contribution is 6.30. The van der Waals surface area contributed by atoms with Gasteiger partial charge in [-0.15, -0.1) is 0 Å². The van der Waals surface area contributed by atoms with E-state index in [4.69, 9.17) is 16.3 Å². The van der Waals surface area contributed by atoms with Gasteiger partial charge in [-0.25, -0.2) is 0 Å². The number of guanidine groups is 1. The van der Waals surface area contributed by atoms with Crippen LogP contribution in [0.15, 0.2) is 29.3 Å². The molecule has 140 valence electrons. The van der Waals surface area contributed by atoms with Crippen LogP contribution < -0.4 is 10.1 Å². The Morgan fingerprint density at radius 3 is 2.64 bits per heavy atom. The quantitative estimate of drug-likeness (QED) is 0.595. The Hall–Kier alpha value is -1.46. The van der Waals surface area contributed by atoms with Gasteiger partial charge in [-0.2, -0.15) is 0 Å². The second-order valence-electron chi connectivity index (χ2n) is 6.73. The number of likely N-dealkylation sites (tertiary alicyclic amines) is 1. The van der Waals surface area contributed by atoms with Crippen molar-refractivity contribution in [3.63, 3.8) is 0 Å². The first-order valence-electron chi connectivity index (χ1n) is 9.07. The summed E-state index contributed by atoms with van der Waals surface area (Å²) in [6, 6.07) is 7.45. The van der Waals surface area contributed by atoms with E-state index in [1.807, 2.05) is 38.4 Å². The average Bonchev–Trinajstić information content (AvgIpc) is 2.62. The summed E-state index contributed by atoms with van der Waals surface area (Å²) in [7, 11) is 6.07. The molecule has 1 saturated heterocycles. The molecule has 1 aromatic carbocycles. The molecule has 6 heteroatoms. The van der Waals surface area contributed by atoms with Gasteiger partial charge in [0.2, 0.25) is 0 Å². The van der Waals surface area contributed by atoms with Crippen LogP contribution in [-0.2, 0) is 0 Å². The Balaban J connectivity index is 1.64. The predicted molar refractivity (Wildman–Crippen MR) is 106 cm³/mol. The molecule has 1 aromatic rings. The Kier molecular flexibility index (Phi) is 8.35. The third-order valence-corrected chi connectivity index (χ3v) is 5.01. The molecular weight excluding hydrogens is 336 g/mol. The maximum atomic E-state index is 5.88. The topological polar surface area (TPSA) is 40.1 Å². The van der Waals surface area contributed by atoms with Gasteiger partial charge >= 0.3 is 0 Å². The molecular formula is C19H31ClN4O. The Morgan fingerprint density at radius 1 is 1.32 bits per heavy atom. The van der Waals surface area contributed by atoms with Crippen LogP contribution in [0.3, 0.4) is 0 Å². The molecule has 0 aromatic heterocycles. The van der Waals surface area contributed by atoms with Crippen molar-refractivity contribution in [2.24, 2.45) is 10.9 Å². The highest BCUT2D eigenvalue weighted by atomic mass is 35.5. The number of nitrogens with zero attached hydrogens (tertiary/aromatic N) is 3. The van der Waals surface area contributed by atoms with Gasteiger partial charge < -0.3 is 19.9 Å². The fourth-order valence-electron chi connectivity index (χ4n) is 3.06. The smallest absolute Gasteiger partial charge is 0.193 e. The summed E-state index contributed by atoms with van der Waals surface area (Å²) in [5, 5.41) is 4.19. The second kappa shape index (κ2) is 10.5. The summed E-state index contributed by atoms with van der Waals surface area (Å²) in [4.78, 5) is 8.89. The second-order valence-corrected chi connectivity index (χ2v) is 7.17. The van der Waals surface area contributed by atoms with Gasteiger partial charge in [-0.1, -0.05) is 11.6 Å². The minimum Gasteiger partial charge on any atom is -0.492 e. The van der Waals surface area contributed by atoms with Crippen molar-refractivity contribution in [2.45, 2.75) is 19.3 Å². The Bertz CT molecular complexity index is 527. The first-order valence-corrected chi connectivity index (χ1v) is 9.45. The number of hydrogen-bond acceptors (Lipinski definition) is 3. The Morgan fingerprint density at radius 2 is 2.00 bits per heavy atom. The molecule has 0 amide bonds. The van der Waals surface area contributed by atoms with Crippen LogP contribution in [0.4, 0.5) is 0 Å². The maximum Gasteiger partial charge on any atom is 0.193 e. The van der Waals surface area contributed by atoms with Gasteiger partial charge in [0, 0.05) is 25.7 Å². The molecule has 5 nitrogen and oxygen atoms in total. The number of nitrogens with one attached hydrogen (secondary N) is 1. The summed E-state index contributed by atoms with van der Waals surface area (Å²) < 4.78 is 5.75. The molecule has 0 bridgehead atoms. The van der Waals surface area contributed by atoms with E-state index < -0.39 is 0 Å². The summed E-state index contributed by atoms with van der Waals surface area (Å²) in [5.41, 5.74) is 0. The van der Waals surface area contributed by atoms with Crippen molar-refractivity contribution in [1.82, 2.24) is 15.1 Å². The van der Waals surface area contributed by atoms with Gasteiger partial charge in [-0.3, -0.25) is 4.99 Å². The number of halogens is 1. The third-order valence-electron chi connectivity index (χ3n) is 4.76. The van der Waals surface area contributed by atoms with E-state index in [1.54, 1.807) is 0 Å². The van der Waals surface area contributed by atoms with Crippen LogP contribution in [0.1, 0.15) is 19.3 Å². The fourth-order valence-corrected chi connectivity index (χ4v) is 3.19. The molecule has 0 aliphatic carbocycles. The van der Waals surface area contributed by atoms with Crippen LogP contribution in [0.5, 0.6) is 5.75 Å². The number of aliphatic imine (C=N–C) groups is 1. The monoisotopic (exact) mass is 366 g/mol. The predicted octanol–water partition coefficient (Wildman–Crippen LogP) is 2.96. The zero-order valence-corrected chi connectivity index (χ0v) is 16.4. The van der Waals surface area contributed by atoms with Crippen molar-refractivity contribution < 1.29 is 4.74 Å². The lowest BCUT2D eigenvalue weighted by Gasteiger charge is -2.29. The number of piperidine rings is 1. The van der Waals surface area contributed by atoms with Gasteiger partial charge in [0.15, 0.2) is 5.96 Å². The van der Waals surface area contributed by atoms with Crippen molar-refractivity contribution in [2.75, 3.05) is 53.9 Å². The number of rotatable bonds is 7. The van der Waals surface area contributed by atoms with E-state index in [1.165, 1.54) is 32.4 Å². The summed E-state index contributed by atoms with van der Waals surface area (Å²) in [5.74, 6) is 2.59. The van der Waals surface area contributed by atoms with Crippen LogP contribution >= 0.6 is 11.6 Å². The van der Waals surface area contributed by atoms with Crippen LogP contribution in [0.25, 0.3) is 0 Å². The number of likely N-dealkylation sites (N-methyl/N-ethyl adjacent to an activating group) is 1. The van der Waals surface area contributed by atoms with Gasteiger partial charge in [0.05, 0.1) is 6.54 Å². The van der Waals surface area contributed by atoms with E-state index >= 15 is 0 Å². The van der Waals surface area contributed by atoms with Crippen molar-refractivity contribution in [1.29, 1.82) is 0 Å². The number of hydrogen-bond donors (Lipinski definition) is 1. The fraction of sp³-hybridized carbons (Fsp3) is 0.632. The summed E-state index contributed by atoms with van der Waals surface area (Å²) in [6.07, 6.45) is 3.82. The molecule has 1 aliphatic rings. The molecule has 0 radical (unpaired) electrons. The summed E-state index contributed by atoms with van der Waals surface area (Å²) in [6.45, 7) is 4.80. The number of ether oxygens (including phenoxy) is 1. The maximum absolute atomic E-state index is 5.88. The largest absolute Gasteiger partial charge is 0.492 e. The molecule has 0 atom stereocenters. The molecule has 0 unspecified atom stereocenters. The highest BCUT2D eigenvalue weighted by Gasteiger charge is 2.16. The molecule has 2 rings (SSSR count). The van der Waals surface area contributed by atoms with Crippen molar-refractivity contribution in [3.05, 3.63) is 29.3 Å². The van der Waals surface area contributed by atoms with E-state index in [9.17, 15) is 0 Å². The number of benzene rings is 1. The van der Waals surface area contributed by atoms with E-state index in [0.717, 1.165) is 35.7 Å². The van der Waals surface area contributed by atoms with Gasteiger partial charge in [0.25, 0.3) is 0 Å². The minimum atomic E-state index is 0.605. The van der Waals surface area contributed by atoms with E-state index in [0.29, 0.717) is 6.61 Å². The molecule has 1 aliphatic heterocycles. The molecule has 1 N–H and O–H groups in total. The van der Waals surface area contributed by atoms with Gasteiger partial charge in [0.1, 0.15) is 12.4 Å². The molecule has 0 spiro atoms. The SMILES string of the molecule is CN=C(NCCC1CCN(C)CC1)N(C)CCOc1ccc(Cl)cc1. The van der Waals surface area contributed by atoms with Crippen molar-refractivity contribution in [3.8, 4) is 5.75 Å². The first kappa shape index (κ1) is 19.9. The molecule has 1 fully saturated rings. The first-order chi connectivity index (χ1) is 12.1. The van der Waals surface area contributed by atoms with Crippen LogP contribution in [0.2, 0.25) is 5.02 Å². The zero-order chi connectivity index (χ0) is 18.1. The molecule has 25 heavy (non-hydrogen) atoms. The minimum absolute atomic E-state index is 0.605. The Labute approximate surface area is 157 Å². The molecule has 1 heterocycles. The van der Waals surface area contributed by atoms with Crippen molar-refractivity contribution >= 4 is 17.6 Å². The molecule has 0 saturated carbocycles. The zero-order valence-electron chi connectivity index (χ0n) is 15.7. The van der Waals surface area contributed by atoms with E-state index in [-0.39, 0.29) is 0 Å². The van der Waals surface area contributed by atoms with E-state index in [2.05, 4.69) is 27.2 Å².